The molecule has 0 N–H and O–H groups in total. The standard InChI is InChI=1S/C16H16O3/c1-12(17)13(2)18-15-9-6-10-16(11-15)19-14-7-4-3-5-8-14/h3-11,13H,1-2H3. The summed E-state index contributed by atoms with van der Waals surface area (Å²) in [4.78, 5) is 11.2. The molecule has 2 aromatic carbocycles. The molecule has 0 heterocycles. The topological polar surface area (TPSA) is 35.5 Å². The smallest absolute Gasteiger partial charge is 0.169 e. The minimum Gasteiger partial charge on any atom is -0.483 e. The highest BCUT2D eigenvalue weighted by Gasteiger charge is 2.09. The zero-order valence-electron chi connectivity index (χ0n) is 11.0. The second kappa shape index (κ2) is 6.05. The van der Waals surface area contributed by atoms with Crippen LogP contribution in [0.5, 0.6) is 17.2 Å². The molecule has 2 rings (SSSR count). The maximum Gasteiger partial charge on any atom is 0.169 e. The molecular weight excluding hydrogens is 240 g/mol. The van der Waals surface area contributed by atoms with Gasteiger partial charge < -0.3 is 9.47 Å². The first-order chi connectivity index (χ1) is 9.15. The summed E-state index contributed by atoms with van der Waals surface area (Å²) in [6.07, 6.45) is -0.452. The minimum absolute atomic E-state index is 0.00520. The van der Waals surface area contributed by atoms with Gasteiger partial charge >= 0.3 is 0 Å². The van der Waals surface area contributed by atoms with E-state index >= 15 is 0 Å². The number of ketones is 1. The Morgan fingerprint density at radius 1 is 0.947 bits per heavy atom. The quantitative estimate of drug-likeness (QED) is 0.815. The Morgan fingerprint density at radius 2 is 1.58 bits per heavy atom. The van der Waals surface area contributed by atoms with Gasteiger partial charge in [-0.3, -0.25) is 4.79 Å². The summed E-state index contributed by atoms with van der Waals surface area (Å²) < 4.78 is 11.2. The lowest BCUT2D eigenvalue weighted by Gasteiger charge is -2.12. The van der Waals surface area contributed by atoms with Gasteiger partial charge in [-0.1, -0.05) is 24.3 Å². The number of carbonyl (C=O) groups excluding carboxylic acids is 1. The number of rotatable bonds is 5. The van der Waals surface area contributed by atoms with Gasteiger partial charge in [0.15, 0.2) is 11.9 Å². The van der Waals surface area contributed by atoms with Gasteiger partial charge in [0.05, 0.1) is 0 Å². The lowest BCUT2D eigenvalue weighted by atomic mass is 10.2. The molecule has 2 aromatic rings. The van der Waals surface area contributed by atoms with Crippen LogP contribution in [0.4, 0.5) is 0 Å². The first kappa shape index (κ1) is 13.1. The maximum atomic E-state index is 11.2. The molecule has 0 radical (unpaired) electrons. The Labute approximate surface area is 112 Å². The van der Waals surface area contributed by atoms with Crippen LogP contribution in [0, 0.1) is 0 Å². The molecule has 1 unspecified atom stereocenters. The Bertz CT molecular complexity index is 549. The lowest BCUT2D eigenvalue weighted by Crippen LogP contribution is -2.20. The van der Waals surface area contributed by atoms with Crippen molar-refractivity contribution in [3.63, 3.8) is 0 Å². The lowest BCUT2D eigenvalue weighted by molar-refractivity contribution is -0.122. The maximum absolute atomic E-state index is 11.2. The third-order valence-electron chi connectivity index (χ3n) is 2.67. The van der Waals surface area contributed by atoms with Crippen LogP contribution in [0.15, 0.2) is 54.6 Å². The van der Waals surface area contributed by atoms with Crippen molar-refractivity contribution < 1.29 is 14.3 Å². The molecule has 0 aliphatic heterocycles. The average molecular weight is 256 g/mol. The molecule has 0 spiro atoms. The molecular formula is C16H16O3. The zero-order valence-corrected chi connectivity index (χ0v) is 11.0. The summed E-state index contributed by atoms with van der Waals surface area (Å²) in [6.45, 7) is 3.24. The normalized spacial score (nSPS) is 11.7. The molecule has 1 atom stereocenters. The molecule has 0 saturated carbocycles. The van der Waals surface area contributed by atoms with Gasteiger partial charge in [-0.25, -0.2) is 0 Å². The van der Waals surface area contributed by atoms with Gasteiger partial charge in [0, 0.05) is 6.07 Å². The van der Waals surface area contributed by atoms with Gasteiger partial charge in [0.2, 0.25) is 0 Å². The van der Waals surface area contributed by atoms with Crippen molar-refractivity contribution in [2.75, 3.05) is 0 Å². The van der Waals surface area contributed by atoms with E-state index < -0.39 is 6.10 Å². The van der Waals surface area contributed by atoms with Crippen molar-refractivity contribution in [1.29, 1.82) is 0 Å². The van der Waals surface area contributed by atoms with Crippen molar-refractivity contribution in [3.05, 3.63) is 54.6 Å². The highest BCUT2D eigenvalue weighted by molar-refractivity contribution is 5.80. The molecule has 0 aliphatic rings. The molecule has 19 heavy (non-hydrogen) atoms. The van der Waals surface area contributed by atoms with Crippen LogP contribution in [0.3, 0.4) is 0 Å². The Morgan fingerprint density at radius 3 is 2.26 bits per heavy atom. The molecule has 3 heteroatoms. The summed E-state index contributed by atoms with van der Waals surface area (Å²) in [5.74, 6) is 2.06. The predicted molar refractivity (Wildman–Crippen MR) is 73.7 cm³/mol. The largest absolute Gasteiger partial charge is 0.483 e. The molecule has 0 amide bonds. The summed E-state index contributed by atoms with van der Waals surface area (Å²) in [6, 6.07) is 16.8. The van der Waals surface area contributed by atoms with Crippen molar-refractivity contribution in [2.45, 2.75) is 20.0 Å². The van der Waals surface area contributed by atoms with E-state index in [1.807, 2.05) is 42.5 Å². The highest BCUT2D eigenvalue weighted by Crippen LogP contribution is 2.25. The van der Waals surface area contributed by atoms with Crippen LogP contribution in [0.2, 0.25) is 0 Å². The highest BCUT2D eigenvalue weighted by atomic mass is 16.5. The first-order valence-corrected chi connectivity index (χ1v) is 6.15. The Kier molecular flexibility index (Phi) is 4.18. The first-order valence-electron chi connectivity index (χ1n) is 6.15. The van der Waals surface area contributed by atoms with Crippen molar-refractivity contribution in [2.24, 2.45) is 0 Å². The fourth-order valence-corrected chi connectivity index (χ4v) is 1.52. The van der Waals surface area contributed by atoms with E-state index in [1.54, 1.807) is 19.1 Å². The summed E-state index contributed by atoms with van der Waals surface area (Å²) in [5, 5.41) is 0. The van der Waals surface area contributed by atoms with Crippen LogP contribution >= 0.6 is 0 Å². The van der Waals surface area contributed by atoms with Gasteiger partial charge in [0.25, 0.3) is 0 Å². The SMILES string of the molecule is CC(=O)C(C)Oc1cccc(Oc2ccccc2)c1. The summed E-state index contributed by atoms with van der Waals surface area (Å²) in [5.41, 5.74) is 0. The molecule has 0 saturated heterocycles. The minimum atomic E-state index is -0.452. The van der Waals surface area contributed by atoms with Crippen LogP contribution < -0.4 is 9.47 Å². The third-order valence-corrected chi connectivity index (χ3v) is 2.67. The fourth-order valence-electron chi connectivity index (χ4n) is 1.52. The second-order valence-electron chi connectivity index (χ2n) is 4.26. The number of Topliss-reactive ketones (excluding diaryl/α,β-unsaturated/α-hetero) is 1. The Hall–Kier alpha value is -2.29. The molecule has 3 nitrogen and oxygen atoms in total. The van der Waals surface area contributed by atoms with E-state index in [-0.39, 0.29) is 5.78 Å². The van der Waals surface area contributed by atoms with E-state index in [4.69, 9.17) is 9.47 Å². The van der Waals surface area contributed by atoms with Crippen molar-refractivity contribution >= 4 is 5.78 Å². The predicted octanol–water partition coefficient (Wildman–Crippen LogP) is 3.84. The summed E-state index contributed by atoms with van der Waals surface area (Å²) in [7, 11) is 0. The van der Waals surface area contributed by atoms with Crippen LogP contribution in [0.25, 0.3) is 0 Å². The van der Waals surface area contributed by atoms with Crippen LogP contribution in [-0.4, -0.2) is 11.9 Å². The van der Waals surface area contributed by atoms with E-state index in [1.165, 1.54) is 6.92 Å². The number of hydrogen-bond donors (Lipinski definition) is 0. The van der Waals surface area contributed by atoms with Gasteiger partial charge in [0.1, 0.15) is 17.2 Å². The average Bonchev–Trinajstić information content (AvgIpc) is 2.40. The third kappa shape index (κ3) is 3.85. The summed E-state index contributed by atoms with van der Waals surface area (Å²) >= 11 is 0. The molecule has 0 fully saturated rings. The second-order valence-corrected chi connectivity index (χ2v) is 4.26. The number of carbonyl (C=O) groups is 1. The van der Waals surface area contributed by atoms with Gasteiger partial charge in [-0.15, -0.1) is 0 Å². The number of hydrogen-bond acceptors (Lipinski definition) is 3. The fraction of sp³-hybridized carbons (Fsp3) is 0.188. The van der Waals surface area contributed by atoms with Gasteiger partial charge in [-0.05, 0) is 38.1 Å². The van der Waals surface area contributed by atoms with Crippen molar-refractivity contribution in [3.8, 4) is 17.2 Å². The molecule has 0 aromatic heterocycles. The Balaban J connectivity index is 2.09. The van der Waals surface area contributed by atoms with E-state index in [2.05, 4.69) is 0 Å². The number of ether oxygens (including phenoxy) is 2. The molecule has 98 valence electrons. The zero-order chi connectivity index (χ0) is 13.7. The number of benzene rings is 2. The van der Waals surface area contributed by atoms with Crippen LogP contribution in [-0.2, 0) is 4.79 Å². The van der Waals surface area contributed by atoms with Crippen molar-refractivity contribution in [1.82, 2.24) is 0 Å². The van der Waals surface area contributed by atoms with E-state index in [0.717, 1.165) is 5.75 Å². The monoisotopic (exact) mass is 256 g/mol. The number of para-hydroxylation sites is 1. The van der Waals surface area contributed by atoms with Crippen LogP contribution in [0.1, 0.15) is 13.8 Å². The van der Waals surface area contributed by atoms with E-state index in [9.17, 15) is 4.79 Å². The van der Waals surface area contributed by atoms with E-state index in [0.29, 0.717) is 11.5 Å². The molecule has 0 bridgehead atoms. The van der Waals surface area contributed by atoms with Gasteiger partial charge in [-0.2, -0.15) is 0 Å². The molecule has 0 aliphatic carbocycles.